The Balaban J connectivity index is 1.63. The van der Waals surface area contributed by atoms with E-state index in [0.29, 0.717) is 0 Å². The number of likely N-dealkylation sites (tertiary alicyclic amines) is 1. The van der Waals surface area contributed by atoms with E-state index in [1.165, 1.54) is 39.3 Å². The fourth-order valence-electron chi connectivity index (χ4n) is 2.60. The van der Waals surface area contributed by atoms with Crippen molar-refractivity contribution in [3.63, 3.8) is 0 Å². The minimum Gasteiger partial charge on any atom is -0.342 e. The van der Waals surface area contributed by atoms with Crippen LogP contribution < -0.4 is 0 Å². The van der Waals surface area contributed by atoms with Gasteiger partial charge in [-0.1, -0.05) is 6.92 Å². The van der Waals surface area contributed by atoms with E-state index >= 15 is 0 Å². The highest BCUT2D eigenvalue weighted by molar-refractivity contribution is 5.74. The minimum absolute atomic E-state index is 0.229. The van der Waals surface area contributed by atoms with Crippen LogP contribution in [0.3, 0.4) is 0 Å². The van der Waals surface area contributed by atoms with Crippen molar-refractivity contribution >= 4 is 5.91 Å². The molecule has 0 spiro atoms. The summed E-state index contributed by atoms with van der Waals surface area (Å²) in [6.07, 6.45) is 0. The zero-order chi connectivity index (χ0) is 11.5. The Kier molecular flexibility index (Phi) is 3.82. The molecule has 2 rings (SSSR count). The highest BCUT2D eigenvalue weighted by Gasteiger charge is 2.30. The van der Waals surface area contributed by atoms with Crippen LogP contribution in [0.2, 0.25) is 0 Å². The third kappa shape index (κ3) is 2.74. The standard InChI is InChI=1S/C12H23N3O/c1-3-13-4-6-14(7-5-13)8-12-9-15(10-12)11(2)16/h12H,3-10H2,1-2H3. The molecule has 2 saturated heterocycles. The van der Waals surface area contributed by atoms with Gasteiger partial charge in [-0.3, -0.25) is 4.79 Å². The van der Waals surface area contributed by atoms with E-state index in [2.05, 4.69) is 16.7 Å². The second kappa shape index (κ2) is 5.15. The molecule has 4 nitrogen and oxygen atoms in total. The number of nitrogens with zero attached hydrogens (tertiary/aromatic N) is 3. The molecule has 2 fully saturated rings. The summed E-state index contributed by atoms with van der Waals surface area (Å²) in [6.45, 7) is 13.0. The molecule has 0 radical (unpaired) electrons. The summed E-state index contributed by atoms with van der Waals surface area (Å²) in [7, 11) is 0. The predicted octanol–water partition coefficient (Wildman–Crippen LogP) is 0.102. The van der Waals surface area contributed by atoms with Crippen molar-refractivity contribution < 1.29 is 4.79 Å². The summed E-state index contributed by atoms with van der Waals surface area (Å²) in [5.41, 5.74) is 0. The number of carbonyl (C=O) groups is 1. The first kappa shape index (κ1) is 11.9. The highest BCUT2D eigenvalue weighted by atomic mass is 16.2. The molecule has 0 aromatic rings. The van der Waals surface area contributed by atoms with Crippen LogP contribution in [0.1, 0.15) is 13.8 Å². The lowest BCUT2D eigenvalue weighted by molar-refractivity contribution is -0.135. The Bertz CT molecular complexity index is 243. The quantitative estimate of drug-likeness (QED) is 0.682. The van der Waals surface area contributed by atoms with Crippen LogP contribution in [0.15, 0.2) is 0 Å². The first-order valence-electron chi connectivity index (χ1n) is 6.39. The molecule has 2 heterocycles. The van der Waals surface area contributed by atoms with Crippen molar-refractivity contribution in [1.82, 2.24) is 14.7 Å². The first-order chi connectivity index (χ1) is 7.69. The monoisotopic (exact) mass is 225 g/mol. The molecular formula is C12H23N3O. The molecule has 0 unspecified atom stereocenters. The second-order valence-corrected chi connectivity index (χ2v) is 5.02. The van der Waals surface area contributed by atoms with Gasteiger partial charge in [-0.05, 0) is 6.54 Å². The molecule has 0 aromatic heterocycles. The van der Waals surface area contributed by atoms with Gasteiger partial charge in [0, 0.05) is 58.7 Å². The van der Waals surface area contributed by atoms with Gasteiger partial charge >= 0.3 is 0 Å². The molecular weight excluding hydrogens is 202 g/mol. The van der Waals surface area contributed by atoms with Crippen LogP contribution in [0.25, 0.3) is 0 Å². The largest absolute Gasteiger partial charge is 0.342 e. The molecule has 92 valence electrons. The Labute approximate surface area is 98.2 Å². The smallest absolute Gasteiger partial charge is 0.219 e. The number of rotatable bonds is 3. The summed E-state index contributed by atoms with van der Waals surface area (Å²) in [6, 6.07) is 0. The Hall–Kier alpha value is -0.610. The van der Waals surface area contributed by atoms with E-state index < -0.39 is 0 Å². The molecule has 16 heavy (non-hydrogen) atoms. The maximum absolute atomic E-state index is 11.1. The van der Waals surface area contributed by atoms with Crippen molar-refractivity contribution in [2.45, 2.75) is 13.8 Å². The lowest BCUT2D eigenvalue weighted by atomic mass is 9.99. The Morgan fingerprint density at radius 1 is 1.12 bits per heavy atom. The van der Waals surface area contributed by atoms with Gasteiger partial charge in [0.05, 0.1) is 0 Å². The molecule has 0 aromatic carbocycles. The van der Waals surface area contributed by atoms with Crippen LogP contribution in [-0.4, -0.2) is 73.0 Å². The molecule has 0 bridgehead atoms. The topological polar surface area (TPSA) is 26.8 Å². The van der Waals surface area contributed by atoms with Crippen LogP contribution in [0.5, 0.6) is 0 Å². The number of carbonyl (C=O) groups excluding carboxylic acids is 1. The van der Waals surface area contributed by atoms with Crippen molar-refractivity contribution in [3.05, 3.63) is 0 Å². The molecule has 4 heteroatoms. The lowest BCUT2D eigenvalue weighted by Crippen LogP contribution is -2.55. The van der Waals surface area contributed by atoms with Crippen LogP contribution >= 0.6 is 0 Å². The average Bonchev–Trinajstić information content (AvgIpc) is 2.23. The van der Waals surface area contributed by atoms with Crippen molar-refractivity contribution in [1.29, 1.82) is 0 Å². The van der Waals surface area contributed by atoms with E-state index in [-0.39, 0.29) is 5.91 Å². The minimum atomic E-state index is 0.229. The summed E-state index contributed by atoms with van der Waals surface area (Å²) >= 11 is 0. The number of hydrogen-bond donors (Lipinski definition) is 0. The van der Waals surface area contributed by atoms with Crippen LogP contribution in [-0.2, 0) is 4.79 Å². The van der Waals surface area contributed by atoms with Gasteiger partial charge in [0.25, 0.3) is 0 Å². The summed E-state index contributed by atoms with van der Waals surface area (Å²) in [5.74, 6) is 0.948. The highest BCUT2D eigenvalue weighted by Crippen LogP contribution is 2.17. The molecule has 0 N–H and O–H groups in total. The maximum Gasteiger partial charge on any atom is 0.219 e. The van der Waals surface area contributed by atoms with E-state index in [4.69, 9.17) is 0 Å². The fraction of sp³-hybridized carbons (Fsp3) is 0.917. The van der Waals surface area contributed by atoms with E-state index in [0.717, 1.165) is 19.0 Å². The predicted molar refractivity (Wildman–Crippen MR) is 64.3 cm³/mol. The molecule has 1 amide bonds. The maximum atomic E-state index is 11.1. The van der Waals surface area contributed by atoms with Gasteiger partial charge in [0.15, 0.2) is 0 Å². The van der Waals surface area contributed by atoms with Crippen molar-refractivity contribution in [2.75, 3.05) is 52.4 Å². The normalized spacial score (nSPS) is 24.5. The SMILES string of the molecule is CCN1CCN(CC2CN(C(C)=O)C2)CC1. The van der Waals surface area contributed by atoms with Crippen LogP contribution in [0.4, 0.5) is 0 Å². The number of amides is 1. The second-order valence-electron chi connectivity index (χ2n) is 5.02. The van der Waals surface area contributed by atoms with E-state index in [1.807, 2.05) is 4.90 Å². The van der Waals surface area contributed by atoms with E-state index in [9.17, 15) is 4.79 Å². The molecule has 2 aliphatic rings. The van der Waals surface area contributed by atoms with Gasteiger partial charge in [0.1, 0.15) is 0 Å². The number of likely N-dealkylation sites (N-methyl/N-ethyl adjacent to an activating group) is 1. The summed E-state index contributed by atoms with van der Waals surface area (Å²) < 4.78 is 0. The fourth-order valence-corrected chi connectivity index (χ4v) is 2.60. The third-order valence-corrected chi connectivity index (χ3v) is 3.83. The van der Waals surface area contributed by atoms with E-state index in [1.54, 1.807) is 6.92 Å². The van der Waals surface area contributed by atoms with Crippen LogP contribution in [0, 0.1) is 5.92 Å². The Morgan fingerprint density at radius 2 is 1.69 bits per heavy atom. The third-order valence-electron chi connectivity index (χ3n) is 3.83. The number of hydrogen-bond acceptors (Lipinski definition) is 3. The van der Waals surface area contributed by atoms with Gasteiger partial charge < -0.3 is 14.7 Å². The Morgan fingerprint density at radius 3 is 2.19 bits per heavy atom. The van der Waals surface area contributed by atoms with Gasteiger partial charge in [-0.2, -0.15) is 0 Å². The van der Waals surface area contributed by atoms with Gasteiger partial charge in [0.2, 0.25) is 5.91 Å². The van der Waals surface area contributed by atoms with Gasteiger partial charge in [-0.15, -0.1) is 0 Å². The lowest BCUT2D eigenvalue weighted by Gasteiger charge is -2.43. The molecule has 2 aliphatic heterocycles. The molecule has 0 saturated carbocycles. The summed E-state index contributed by atoms with van der Waals surface area (Å²) in [5, 5.41) is 0. The van der Waals surface area contributed by atoms with Gasteiger partial charge in [-0.25, -0.2) is 0 Å². The number of piperazine rings is 1. The zero-order valence-corrected chi connectivity index (χ0v) is 10.5. The molecule has 0 atom stereocenters. The van der Waals surface area contributed by atoms with Crippen molar-refractivity contribution in [2.24, 2.45) is 5.92 Å². The zero-order valence-electron chi connectivity index (χ0n) is 10.5. The first-order valence-corrected chi connectivity index (χ1v) is 6.39. The van der Waals surface area contributed by atoms with Crippen molar-refractivity contribution in [3.8, 4) is 0 Å². The summed E-state index contributed by atoms with van der Waals surface area (Å²) in [4.78, 5) is 18.0. The average molecular weight is 225 g/mol. The molecule has 0 aliphatic carbocycles.